The lowest BCUT2D eigenvalue weighted by molar-refractivity contribution is -0.359. The van der Waals surface area contributed by atoms with Crippen molar-refractivity contribution in [3.8, 4) is 0 Å². The number of hydrogen-bond acceptors (Lipinski definition) is 13. The van der Waals surface area contributed by atoms with Gasteiger partial charge in [-0.15, -0.1) is 0 Å². The van der Waals surface area contributed by atoms with Gasteiger partial charge in [0.15, 0.2) is 12.6 Å². The van der Waals surface area contributed by atoms with Gasteiger partial charge in [-0.3, -0.25) is 4.79 Å². The molecule has 2 fully saturated rings. The first-order valence-corrected chi connectivity index (χ1v) is 26.2. The van der Waals surface area contributed by atoms with E-state index in [9.17, 15) is 45.6 Å². The molecule has 12 atom stereocenters. The molecule has 0 bridgehead atoms. The molecule has 0 aromatic carbocycles. The molecule has 0 aromatic heterocycles. The summed E-state index contributed by atoms with van der Waals surface area (Å²) < 4.78 is 22.5. The molecule has 68 heavy (non-hydrogen) atoms. The number of carbonyl (C=O) groups excluding carboxylic acids is 1. The molecule has 12 unspecified atom stereocenters. The van der Waals surface area contributed by atoms with E-state index in [2.05, 4.69) is 79.9 Å². The number of ether oxygens (including phenoxy) is 4. The Morgan fingerprint density at radius 2 is 1.01 bits per heavy atom. The summed E-state index contributed by atoms with van der Waals surface area (Å²) in [4.78, 5) is 13.1. The van der Waals surface area contributed by atoms with Crippen LogP contribution in [0.25, 0.3) is 0 Å². The maximum absolute atomic E-state index is 13.1. The molecule has 2 saturated heterocycles. The smallest absolute Gasteiger partial charge is 0.220 e. The van der Waals surface area contributed by atoms with Gasteiger partial charge in [-0.25, -0.2) is 0 Å². The van der Waals surface area contributed by atoms with Crippen molar-refractivity contribution in [2.75, 3.05) is 19.8 Å². The normalized spacial score (nSPS) is 27.0. The van der Waals surface area contributed by atoms with E-state index in [4.69, 9.17) is 18.9 Å². The molecule has 14 nitrogen and oxygen atoms in total. The van der Waals surface area contributed by atoms with Crippen molar-refractivity contribution in [3.05, 3.63) is 72.9 Å². The molecule has 2 heterocycles. The summed E-state index contributed by atoms with van der Waals surface area (Å²) >= 11 is 0. The molecule has 0 radical (unpaired) electrons. The summed E-state index contributed by atoms with van der Waals surface area (Å²) in [6, 6.07) is -0.914. The second kappa shape index (κ2) is 40.1. The standard InChI is InChI=1S/C54H93NO13/c1-3-5-7-9-10-11-12-13-14-15-16-17-18-19-20-21-22-23-24-25-26-27-28-29-30-31-32-34-36-38-46(59)55-42(43(58)37-35-33-8-6-4-2)41-65-53-51(64)49(62)52(45(40-57)67-53)68-54-50(63)48(61)47(60)44(39-56)66-54/h5,7,10-11,13-14,16-17,19-20,35,37,42-45,47-54,56-58,60-64H,3-4,6,8-9,12,15,18,21-34,36,38-41H2,1-2H3,(H,55,59)/b7-5-,11-10-,14-13-,17-16-,20-19-,37-35+. The minimum absolute atomic E-state index is 0.252. The van der Waals surface area contributed by atoms with Crippen LogP contribution in [-0.4, -0.2) is 140 Å². The quantitative estimate of drug-likeness (QED) is 0.0220. The predicted molar refractivity (Wildman–Crippen MR) is 267 cm³/mol. The van der Waals surface area contributed by atoms with Crippen LogP contribution in [0.5, 0.6) is 0 Å². The number of nitrogens with one attached hydrogen (secondary N) is 1. The van der Waals surface area contributed by atoms with Crippen molar-refractivity contribution in [2.24, 2.45) is 0 Å². The van der Waals surface area contributed by atoms with Gasteiger partial charge in [-0.05, 0) is 64.2 Å². The minimum Gasteiger partial charge on any atom is -0.394 e. The highest BCUT2D eigenvalue weighted by atomic mass is 16.7. The second-order valence-electron chi connectivity index (χ2n) is 18.3. The van der Waals surface area contributed by atoms with Crippen molar-refractivity contribution in [3.63, 3.8) is 0 Å². The lowest BCUT2D eigenvalue weighted by Gasteiger charge is -2.46. The van der Waals surface area contributed by atoms with E-state index in [0.29, 0.717) is 6.42 Å². The third-order valence-electron chi connectivity index (χ3n) is 12.4. The van der Waals surface area contributed by atoms with Crippen LogP contribution in [0.2, 0.25) is 0 Å². The van der Waals surface area contributed by atoms with Gasteiger partial charge in [-0.2, -0.15) is 0 Å². The van der Waals surface area contributed by atoms with Crippen molar-refractivity contribution < 1.29 is 64.6 Å². The number of allylic oxidation sites excluding steroid dienone is 11. The third kappa shape index (κ3) is 26.6. The fourth-order valence-electron chi connectivity index (χ4n) is 8.14. The van der Waals surface area contributed by atoms with Gasteiger partial charge in [0.05, 0.1) is 32.0 Å². The van der Waals surface area contributed by atoms with Crippen LogP contribution in [0.1, 0.15) is 168 Å². The van der Waals surface area contributed by atoms with Crippen LogP contribution in [0.4, 0.5) is 0 Å². The van der Waals surface area contributed by atoms with Crippen LogP contribution in [0.15, 0.2) is 72.9 Å². The Balaban J connectivity index is 1.62. The van der Waals surface area contributed by atoms with Crippen molar-refractivity contribution in [1.82, 2.24) is 5.32 Å². The lowest BCUT2D eigenvalue weighted by atomic mass is 9.97. The Labute approximate surface area is 408 Å². The average Bonchev–Trinajstić information content (AvgIpc) is 3.34. The fraction of sp³-hybridized carbons (Fsp3) is 0.759. The van der Waals surface area contributed by atoms with Gasteiger partial charge in [0.2, 0.25) is 5.91 Å². The summed E-state index contributed by atoms with van der Waals surface area (Å²) in [5.41, 5.74) is 0. The molecule has 1 amide bonds. The molecule has 14 heteroatoms. The molecule has 0 aliphatic carbocycles. The number of hydrogen-bond donors (Lipinski definition) is 9. The summed E-state index contributed by atoms with van der Waals surface area (Å²) in [5.74, 6) is -0.252. The SMILES string of the molecule is CC/C=C\C/C=C\C/C=C\C/C=C\C/C=C\CCCCCCCCCCCCCCCC(=O)NC(COC1OC(CO)C(OC2OC(CO)C(O)C(O)C2O)C(O)C1O)C(O)/C=C/CCCCC. The van der Waals surface area contributed by atoms with E-state index in [0.717, 1.165) is 83.5 Å². The van der Waals surface area contributed by atoms with Crippen LogP contribution in [0, 0.1) is 0 Å². The van der Waals surface area contributed by atoms with Crippen LogP contribution in [0.3, 0.4) is 0 Å². The van der Waals surface area contributed by atoms with Crippen molar-refractivity contribution >= 4 is 5.91 Å². The topological polar surface area (TPSA) is 228 Å². The van der Waals surface area contributed by atoms with Crippen LogP contribution >= 0.6 is 0 Å². The van der Waals surface area contributed by atoms with Crippen molar-refractivity contribution in [1.29, 1.82) is 0 Å². The van der Waals surface area contributed by atoms with Gasteiger partial charge >= 0.3 is 0 Å². The molecule has 2 aliphatic rings. The number of rotatable bonds is 39. The van der Waals surface area contributed by atoms with Crippen LogP contribution in [-0.2, 0) is 23.7 Å². The highest BCUT2D eigenvalue weighted by Gasteiger charge is 2.51. The number of aliphatic hydroxyl groups excluding tert-OH is 8. The van der Waals surface area contributed by atoms with E-state index in [-0.39, 0.29) is 18.9 Å². The minimum atomic E-state index is -1.79. The zero-order valence-electron chi connectivity index (χ0n) is 41.6. The Hall–Kier alpha value is -2.57. The maximum atomic E-state index is 13.1. The molecule has 9 N–H and O–H groups in total. The Kier molecular flexibility index (Phi) is 36.3. The molecule has 0 saturated carbocycles. The molecule has 0 spiro atoms. The average molecular weight is 964 g/mol. The summed E-state index contributed by atoms with van der Waals surface area (Å²) in [6.45, 7) is 2.53. The molecule has 0 aromatic rings. The van der Waals surface area contributed by atoms with Gasteiger partial charge < -0.3 is 65.1 Å². The molecule has 2 rings (SSSR count). The summed E-state index contributed by atoms with van der Waals surface area (Å²) in [5, 5.41) is 86.2. The fourth-order valence-corrected chi connectivity index (χ4v) is 8.14. The first-order chi connectivity index (χ1) is 33.1. The Bertz CT molecular complexity index is 1420. The van der Waals surface area contributed by atoms with E-state index in [1.54, 1.807) is 6.08 Å². The first kappa shape index (κ1) is 61.5. The zero-order valence-corrected chi connectivity index (χ0v) is 41.6. The maximum Gasteiger partial charge on any atom is 0.220 e. The summed E-state index contributed by atoms with van der Waals surface area (Å²) in [6.07, 6.45) is 34.5. The monoisotopic (exact) mass is 964 g/mol. The first-order valence-electron chi connectivity index (χ1n) is 26.2. The van der Waals surface area contributed by atoms with Crippen LogP contribution < -0.4 is 5.32 Å². The van der Waals surface area contributed by atoms with Gasteiger partial charge in [0.1, 0.15) is 48.8 Å². The van der Waals surface area contributed by atoms with Gasteiger partial charge in [-0.1, -0.05) is 170 Å². The van der Waals surface area contributed by atoms with Crippen molar-refractivity contribution in [2.45, 2.75) is 242 Å². The number of amides is 1. The predicted octanol–water partition coefficient (Wildman–Crippen LogP) is 7.21. The molecule has 392 valence electrons. The van der Waals surface area contributed by atoms with E-state index in [1.807, 2.05) is 6.08 Å². The molecular formula is C54H93NO13. The summed E-state index contributed by atoms with van der Waals surface area (Å²) in [7, 11) is 0. The molecule has 2 aliphatic heterocycles. The number of aliphatic hydroxyl groups is 8. The highest BCUT2D eigenvalue weighted by molar-refractivity contribution is 5.76. The Morgan fingerprint density at radius 1 is 0.544 bits per heavy atom. The highest BCUT2D eigenvalue weighted by Crippen LogP contribution is 2.30. The molecular weight excluding hydrogens is 871 g/mol. The van der Waals surface area contributed by atoms with Gasteiger partial charge in [0.25, 0.3) is 0 Å². The third-order valence-corrected chi connectivity index (χ3v) is 12.4. The van der Waals surface area contributed by atoms with E-state index < -0.39 is 86.8 Å². The zero-order chi connectivity index (χ0) is 49.6. The number of unbranched alkanes of at least 4 members (excludes halogenated alkanes) is 16. The number of carbonyl (C=O) groups is 1. The lowest BCUT2D eigenvalue weighted by Crippen LogP contribution is -2.65. The van der Waals surface area contributed by atoms with E-state index >= 15 is 0 Å². The second-order valence-corrected chi connectivity index (χ2v) is 18.3. The Morgan fingerprint density at radius 3 is 1.56 bits per heavy atom. The largest absolute Gasteiger partial charge is 0.394 e. The van der Waals surface area contributed by atoms with Gasteiger partial charge in [0, 0.05) is 6.42 Å². The van der Waals surface area contributed by atoms with E-state index in [1.165, 1.54) is 57.8 Å².